The van der Waals surface area contributed by atoms with Gasteiger partial charge in [0.05, 0.1) is 43.4 Å². The number of carboxylic acids is 2. The van der Waals surface area contributed by atoms with Gasteiger partial charge in [-0.25, -0.2) is 8.78 Å². The Kier molecular flexibility index (Phi) is 11.3. The minimum Gasteiger partial charge on any atom is -0.493 e. The van der Waals surface area contributed by atoms with Gasteiger partial charge in [-0.15, -0.1) is 22.7 Å². The summed E-state index contributed by atoms with van der Waals surface area (Å²) in [6.45, 7) is -1.08. The van der Waals surface area contributed by atoms with Crippen molar-refractivity contribution in [3.05, 3.63) is 57.3 Å². The Morgan fingerprint density at radius 2 is 1.13 bits per heavy atom. The number of carboxylic acid groups (broad SMARTS) is 2. The number of carbonyl (C=O) groups is 4. The molecule has 2 aromatic heterocycles. The number of aliphatic hydroxyl groups is 1. The fourth-order valence-corrected chi connectivity index (χ4v) is 6.46. The van der Waals surface area contributed by atoms with Crippen molar-refractivity contribution in [2.75, 3.05) is 34.0 Å². The minimum atomic E-state index is -1.13. The van der Waals surface area contributed by atoms with Gasteiger partial charge in [0.1, 0.15) is 13.2 Å². The number of aliphatic hydroxyl groups excluding tert-OH is 1. The predicted molar refractivity (Wildman–Crippen MR) is 165 cm³/mol. The minimum absolute atomic E-state index is 0.0185. The molecule has 0 bridgehead atoms. The van der Waals surface area contributed by atoms with Crippen LogP contribution >= 0.6 is 22.7 Å². The molecule has 4 aromatic rings. The molecule has 3 N–H and O–H groups in total. The van der Waals surface area contributed by atoms with Crippen LogP contribution in [0.5, 0.6) is 23.0 Å². The molecule has 0 radical (unpaired) electrons. The summed E-state index contributed by atoms with van der Waals surface area (Å²) in [7, 11) is 2.60. The summed E-state index contributed by atoms with van der Waals surface area (Å²) in [4.78, 5) is 46.8. The topological polar surface area (TPSA) is 166 Å². The zero-order valence-electron chi connectivity index (χ0n) is 24.5. The number of aliphatic carboxylic acids is 2. The smallest absolute Gasteiger partial charge is 0.303 e. The molecule has 244 valence electrons. The highest BCUT2D eigenvalue weighted by Gasteiger charge is 2.23. The summed E-state index contributed by atoms with van der Waals surface area (Å²) in [6, 6.07) is 5.60. The molecule has 0 unspecified atom stereocenters. The van der Waals surface area contributed by atoms with E-state index in [1.54, 1.807) is 0 Å². The first kappa shape index (κ1) is 34.3. The maximum Gasteiger partial charge on any atom is 0.303 e. The third-order valence-electron chi connectivity index (χ3n) is 6.67. The van der Waals surface area contributed by atoms with E-state index in [1.165, 1.54) is 44.6 Å². The number of hydrogen-bond donors (Lipinski definition) is 3. The molecule has 0 amide bonds. The molecule has 0 fully saturated rings. The van der Waals surface area contributed by atoms with Gasteiger partial charge in [0.2, 0.25) is 0 Å². The average Bonchev–Trinajstić information content (AvgIpc) is 3.66. The summed E-state index contributed by atoms with van der Waals surface area (Å²) in [5.74, 6) is -5.33. The van der Waals surface area contributed by atoms with Gasteiger partial charge >= 0.3 is 11.9 Å². The summed E-state index contributed by atoms with van der Waals surface area (Å²) in [6.07, 6.45) is 0.134. The van der Waals surface area contributed by atoms with Gasteiger partial charge in [0.15, 0.2) is 46.2 Å². The van der Waals surface area contributed by atoms with Crippen molar-refractivity contribution in [2.24, 2.45) is 0 Å². The number of carbonyl (C=O) groups excluding carboxylic acids is 2. The second-order valence-corrected chi connectivity index (χ2v) is 11.9. The molecule has 46 heavy (non-hydrogen) atoms. The lowest BCUT2D eigenvalue weighted by molar-refractivity contribution is -0.137. The molecule has 0 aliphatic heterocycles. The highest BCUT2D eigenvalue weighted by molar-refractivity contribution is 7.21. The lowest BCUT2D eigenvalue weighted by atomic mass is 10.1. The molecule has 0 aliphatic rings. The number of halogens is 2. The number of Topliss-reactive ketones (excluding diaryl/α,β-unsaturated/α-hetero) is 2. The first-order valence-corrected chi connectivity index (χ1v) is 15.2. The Balaban J connectivity index is 1.54. The maximum atomic E-state index is 15.6. The Labute approximate surface area is 268 Å². The van der Waals surface area contributed by atoms with Gasteiger partial charge in [0.25, 0.3) is 0 Å². The van der Waals surface area contributed by atoms with Crippen LogP contribution in [0.2, 0.25) is 0 Å². The molecule has 15 heteroatoms. The van der Waals surface area contributed by atoms with Crippen LogP contribution in [-0.4, -0.2) is 72.9 Å². The molecule has 0 saturated heterocycles. The van der Waals surface area contributed by atoms with E-state index in [9.17, 15) is 24.3 Å². The molecule has 0 atom stereocenters. The van der Waals surface area contributed by atoms with Crippen LogP contribution < -0.4 is 18.9 Å². The number of benzene rings is 2. The standard InChI is InChI=1S/C31H28F2O11S2/c1-41-20-11-22-16(9-24(45-22)18(35)3-5-26(37)38)28(32)30(20)43-13-15(7-8-34)14-44-31-21(42-2)12-23-17(29(31)33)10-25(46-23)19(36)4-6-27(39)40/h7,9-12,34H,3-6,8,13-14H2,1-2H3,(H,37,38)(H,39,40). The molecule has 0 spiro atoms. The van der Waals surface area contributed by atoms with Crippen LogP contribution in [0.3, 0.4) is 0 Å². The van der Waals surface area contributed by atoms with Crippen LogP contribution in [0.4, 0.5) is 8.78 Å². The van der Waals surface area contributed by atoms with E-state index in [0.717, 1.165) is 22.7 Å². The van der Waals surface area contributed by atoms with Crippen molar-refractivity contribution in [1.29, 1.82) is 0 Å². The third kappa shape index (κ3) is 7.78. The molecular weight excluding hydrogens is 650 g/mol. The van der Waals surface area contributed by atoms with Crippen LogP contribution in [0.15, 0.2) is 35.9 Å². The van der Waals surface area contributed by atoms with Gasteiger partial charge in [-0.05, 0) is 12.1 Å². The quantitative estimate of drug-likeness (QED) is 0.0901. The molecule has 0 saturated carbocycles. The van der Waals surface area contributed by atoms with Gasteiger partial charge < -0.3 is 34.3 Å². The van der Waals surface area contributed by atoms with Crippen molar-refractivity contribution in [3.63, 3.8) is 0 Å². The zero-order chi connectivity index (χ0) is 33.5. The highest BCUT2D eigenvalue weighted by Crippen LogP contribution is 2.42. The van der Waals surface area contributed by atoms with E-state index in [4.69, 9.17) is 29.2 Å². The number of fused-ring (bicyclic) bond motifs is 2. The maximum absolute atomic E-state index is 15.6. The second kappa shape index (κ2) is 15.1. The van der Waals surface area contributed by atoms with Crippen molar-refractivity contribution < 1.29 is 62.2 Å². The van der Waals surface area contributed by atoms with Crippen LogP contribution in [0, 0.1) is 11.6 Å². The predicted octanol–water partition coefficient (Wildman–Crippen LogP) is 5.88. The fourth-order valence-electron chi connectivity index (χ4n) is 4.35. The Morgan fingerprint density at radius 3 is 1.48 bits per heavy atom. The van der Waals surface area contributed by atoms with Gasteiger partial charge in [-0.2, -0.15) is 0 Å². The van der Waals surface area contributed by atoms with Crippen molar-refractivity contribution in [3.8, 4) is 23.0 Å². The number of rotatable bonds is 17. The number of methoxy groups -OCH3 is 2. The normalized spacial score (nSPS) is 11.0. The second-order valence-electron chi connectivity index (χ2n) is 9.74. The van der Waals surface area contributed by atoms with E-state index in [-0.39, 0.29) is 88.0 Å². The van der Waals surface area contributed by atoms with Crippen LogP contribution in [0.1, 0.15) is 45.0 Å². The molecule has 2 aromatic carbocycles. The average molecular weight is 679 g/mol. The van der Waals surface area contributed by atoms with E-state index >= 15 is 8.78 Å². The van der Waals surface area contributed by atoms with E-state index in [1.807, 2.05) is 0 Å². The molecule has 0 aliphatic carbocycles. The Hall–Kier alpha value is -4.60. The first-order valence-electron chi connectivity index (χ1n) is 13.6. The SMILES string of the molecule is COc1cc2sc(C(=O)CCC(=O)O)cc2c(F)c1OCC(=CCO)COc1c(OC)cc2sc(C(=O)CCC(=O)O)cc2c1F. The number of hydrogen-bond acceptors (Lipinski definition) is 11. The van der Waals surface area contributed by atoms with Crippen molar-refractivity contribution in [2.45, 2.75) is 25.7 Å². The number of ether oxygens (including phenoxy) is 4. The van der Waals surface area contributed by atoms with Crippen LogP contribution in [-0.2, 0) is 9.59 Å². The van der Waals surface area contributed by atoms with Crippen molar-refractivity contribution >= 4 is 66.4 Å². The van der Waals surface area contributed by atoms with Crippen LogP contribution in [0.25, 0.3) is 20.2 Å². The Bertz CT molecular complexity index is 1710. The van der Waals surface area contributed by atoms with E-state index in [2.05, 4.69) is 0 Å². The number of ketones is 2. The Morgan fingerprint density at radius 1 is 0.717 bits per heavy atom. The summed E-state index contributed by atoms with van der Waals surface area (Å²) >= 11 is 1.98. The van der Waals surface area contributed by atoms with Crippen molar-refractivity contribution in [1.82, 2.24) is 0 Å². The molecule has 11 nitrogen and oxygen atoms in total. The first-order chi connectivity index (χ1) is 22.0. The lowest BCUT2D eigenvalue weighted by Crippen LogP contribution is -2.12. The van der Waals surface area contributed by atoms with Gasteiger partial charge in [-0.3, -0.25) is 19.2 Å². The van der Waals surface area contributed by atoms with E-state index < -0.39 is 41.7 Å². The molecule has 2 heterocycles. The summed E-state index contributed by atoms with van der Waals surface area (Å²) < 4.78 is 54.0. The summed E-state index contributed by atoms with van der Waals surface area (Å²) in [5.41, 5.74) is 0.287. The monoisotopic (exact) mass is 678 g/mol. The fraction of sp³-hybridized carbons (Fsp3) is 0.290. The lowest BCUT2D eigenvalue weighted by Gasteiger charge is -2.16. The van der Waals surface area contributed by atoms with E-state index in [0.29, 0.717) is 9.40 Å². The summed E-state index contributed by atoms with van der Waals surface area (Å²) in [5, 5.41) is 27.4. The molecular formula is C31H28F2O11S2. The third-order valence-corrected chi connectivity index (χ3v) is 8.92. The van der Waals surface area contributed by atoms with Gasteiger partial charge in [0, 0.05) is 50.7 Å². The largest absolute Gasteiger partial charge is 0.493 e. The number of thiophene rings is 2. The molecule has 4 rings (SSSR count). The highest BCUT2D eigenvalue weighted by atomic mass is 32.1. The zero-order valence-corrected chi connectivity index (χ0v) is 26.1. The van der Waals surface area contributed by atoms with Gasteiger partial charge in [-0.1, -0.05) is 6.08 Å².